The fourth-order valence-corrected chi connectivity index (χ4v) is 3.96. The number of benzene rings is 1. The maximum Gasteiger partial charge on any atom is 0.274 e. The van der Waals surface area contributed by atoms with Crippen LogP contribution in [0.2, 0.25) is 0 Å². The molecule has 0 bridgehead atoms. The second-order valence-electron chi connectivity index (χ2n) is 6.94. The van der Waals surface area contributed by atoms with Gasteiger partial charge in [0.25, 0.3) is 5.91 Å². The first-order chi connectivity index (χ1) is 12.8. The first kappa shape index (κ1) is 16.6. The van der Waals surface area contributed by atoms with Crippen molar-refractivity contribution in [1.29, 1.82) is 5.26 Å². The van der Waals surface area contributed by atoms with E-state index in [-0.39, 0.29) is 5.91 Å². The summed E-state index contributed by atoms with van der Waals surface area (Å²) < 4.78 is 2.00. The summed E-state index contributed by atoms with van der Waals surface area (Å²) in [5.74, 6) is -0.184. The summed E-state index contributed by atoms with van der Waals surface area (Å²) in [6, 6.07) is 11.7. The predicted molar refractivity (Wildman–Crippen MR) is 102 cm³/mol. The van der Waals surface area contributed by atoms with Gasteiger partial charge in [-0.15, -0.1) is 0 Å². The van der Waals surface area contributed by atoms with E-state index in [4.69, 9.17) is 4.99 Å². The summed E-state index contributed by atoms with van der Waals surface area (Å²) in [5.41, 5.74) is 4.52. The van der Waals surface area contributed by atoms with E-state index in [1.165, 1.54) is 6.42 Å². The van der Waals surface area contributed by atoms with Crippen molar-refractivity contribution in [3.05, 3.63) is 47.3 Å². The molecule has 0 atom stereocenters. The third-order valence-corrected chi connectivity index (χ3v) is 5.20. The minimum Gasteiger partial charge on any atom is -0.337 e. The molecular formula is C21H22N4O. The Morgan fingerprint density at radius 1 is 1.08 bits per heavy atom. The Bertz CT molecular complexity index is 894. The fraction of sp³-hybridized carbons (Fsp3) is 0.381. The Morgan fingerprint density at radius 3 is 2.58 bits per heavy atom. The number of hydrogen-bond acceptors (Lipinski definition) is 3. The second-order valence-corrected chi connectivity index (χ2v) is 6.94. The number of nitrogens with zero attached hydrogens (tertiary/aromatic N) is 3. The number of para-hydroxylation sites is 1. The van der Waals surface area contributed by atoms with E-state index >= 15 is 0 Å². The zero-order valence-electron chi connectivity index (χ0n) is 14.8. The van der Waals surface area contributed by atoms with Crippen molar-refractivity contribution in [2.24, 2.45) is 4.99 Å². The maximum atomic E-state index is 13.1. The van der Waals surface area contributed by atoms with E-state index in [2.05, 4.69) is 11.4 Å². The molecule has 1 N–H and O–H groups in total. The van der Waals surface area contributed by atoms with Crippen LogP contribution in [0.15, 0.2) is 35.3 Å². The summed E-state index contributed by atoms with van der Waals surface area (Å²) in [4.78, 5) is 17.9. The zero-order chi connectivity index (χ0) is 17.9. The summed E-state index contributed by atoms with van der Waals surface area (Å²) in [6.45, 7) is 0.770. The Morgan fingerprint density at radius 2 is 1.85 bits per heavy atom. The standard InChI is InChI=1S/C21H22N4O/c22-14-17-18-12-7-13-25(18)20(19(17)23-15-8-3-1-4-9-15)21(26)24-16-10-5-2-6-11-16/h2,5-6,10-11H,1,3-4,7-9,12-13H2,(H,24,26). The van der Waals surface area contributed by atoms with Gasteiger partial charge in [-0.3, -0.25) is 9.79 Å². The molecule has 2 aliphatic rings. The highest BCUT2D eigenvalue weighted by molar-refractivity contribution is 6.08. The number of carbonyl (C=O) groups excluding carboxylic acids is 1. The predicted octanol–water partition coefficient (Wildman–Crippen LogP) is 4.59. The topological polar surface area (TPSA) is 70.2 Å². The number of carbonyl (C=O) groups is 1. The number of fused-ring (bicyclic) bond motifs is 1. The van der Waals surface area contributed by atoms with Gasteiger partial charge in [-0.2, -0.15) is 5.26 Å². The molecule has 0 radical (unpaired) electrons. The third kappa shape index (κ3) is 3.03. The van der Waals surface area contributed by atoms with E-state index in [0.717, 1.165) is 62.2 Å². The molecule has 4 rings (SSSR count). The minimum atomic E-state index is -0.184. The van der Waals surface area contributed by atoms with Crippen LogP contribution in [-0.2, 0) is 13.0 Å². The monoisotopic (exact) mass is 346 g/mol. The molecule has 1 fully saturated rings. The van der Waals surface area contributed by atoms with Crippen molar-refractivity contribution in [2.45, 2.75) is 51.5 Å². The van der Waals surface area contributed by atoms with Gasteiger partial charge in [0.05, 0.1) is 5.56 Å². The first-order valence-corrected chi connectivity index (χ1v) is 9.36. The van der Waals surface area contributed by atoms with Crippen molar-refractivity contribution in [3.63, 3.8) is 0 Å². The van der Waals surface area contributed by atoms with Crippen molar-refractivity contribution >= 4 is 23.0 Å². The summed E-state index contributed by atoms with van der Waals surface area (Å²) in [7, 11) is 0. The molecule has 1 aromatic heterocycles. The molecule has 0 unspecified atom stereocenters. The van der Waals surface area contributed by atoms with Crippen molar-refractivity contribution in [3.8, 4) is 6.07 Å². The quantitative estimate of drug-likeness (QED) is 0.882. The van der Waals surface area contributed by atoms with Crippen molar-refractivity contribution < 1.29 is 4.79 Å². The molecule has 1 amide bonds. The van der Waals surface area contributed by atoms with E-state index in [9.17, 15) is 10.1 Å². The van der Waals surface area contributed by atoms with Crippen LogP contribution in [0, 0.1) is 11.3 Å². The van der Waals surface area contributed by atoms with Crippen molar-refractivity contribution in [1.82, 2.24) is 4.57 Å². The highest BCUT2D eigenvalue weighted by atomic mass is 16.2. The van der Waals surface area contributed by atoms with Crippen LogP contribution in [0.5, 0.6) is 0 Å². The van der Waals surface area contributed by atoms with Crippen LogP contribution >= 0.6 is 0 Å². The van der Waals surface area contributed by atoms with Crippen LogP contribution in [0.4, 0.5) is 11.4 Å². The fourth-order valence-electron chi connectivity index (χ4n) is 3.96. The first-order valence-electron chi connectivity index (χ1n) is 9.36. The summed E-state index contributed by atoms with van der Waals surface area (Å²) >= 11 is 0. The molecule has 0 spiro atoms. The van der Waals surface area contributed by atoms with Gasteiger partial charge >= 0.3 is 0 Å². The smallest absolute Gasteiger partial charge is 0.274 e. The van der Waals surface area contributed by atoms with Crippen LogP contribution in [-0.4, -0.2) is 16.2 Å². The van der Waals surface area contributed by atoms with Gasteiger partial charge in [0.2, 0.25) is 0 Å². The van der Waals surface area contributed by atoms with E-state index in [1.807, 2.05) is 34.9 Å². The average molecular weight is 346 g/mol. The van der Waals surface area contributed by atoms with E-state index < -0.39 is 0 Å². The highest BCUT2D eigenvalue weighted by Gasteiger charge is 2.30. The largest absolute Gasteiger partial charge is 0.337 e. The molecule has 5 nitrogen and oxygen atoms in total. The lowest BCUT2D eigenvalue weighted by molar-refractivity contribution is 0.101. The molecule has 2 heterocycles. The number of aromatic nitrogens is 1. The van der Waals surface area contributed by atoms with Gasteiger partial charge in [0.1, 0.15) is 17.5 Å². The Balaban J connectivity index is 1.77. The second kappa shape index (κ2) is 7.17. The lowest BCUT2D eigenvalue weighted by atomic mass is 9.98. The molecule has 1 saturated carbocycles. The minimum absolute atomic E-state index is 0.184. The van der Waals surface area contributed by atoms with Crippen LogP contribution in [0.1, 0.15) is 60.3 Å². The van der Waals surface area contributed by atoms with Gasteiger partial charge < -0.3 is 9.88 Å². The number of amides is 1. The highest BCUT2D eigenvalue weighted by Crippen LogP contribution is 2.36. The van der Waals surface area contributed by atoms with Crippen LogP contribution in [0.3, 0.4) is 0 Å². The van der Waals surface area contributed by atoms with Crippen molar-refractivity contribution in [2.75, 3.05) is 5.32 Å². The van der Waals surface area contributed by atoms with Crippen LogP contribution in [0.25, 0.3) is 0 Å². The number of anilines is 1. The molecule has 1 aliphatic heterocycles. The summed E-state index contributed by atoms with van der Waals surface area (Å²) in [6.07, 6.45) is 7.24. The molecule has 0 saturated heterocycles. The lowest BCUT2D eigenvalue weighted by Gasteiger charge is -2.13. The molecule has 132 valence electrons. The Kier molecular flexibility index (Phi) is 4.57. The molecule has 1 aliphatic carbocycles. The number of nitrogens with one attached hydrogen (secondary N) is 1. The zero-order valence-corrected chi connectivity index (χ0v) is 14.8. The van der Waals surface area contributed by atoms with Gasteiger partial charge in [-0.05, 0) is 50.7 Å². The third-order valence-electron chi connectivity index (χ3n) is 5.20. The maximum absolute atomic E-state index is 13.1. The lowest BCUT2D eigenvalue weighted by Crippen LogP contribution is -2.17. The van der Waals surface area contributed by atoms with Gasteiger partial charge in [-0.1, -0.05) is 24.6 Å². The molecule has 26 heavy (non-hydrogen) atoms. The Hall–Kier alpha value is -2.87. The average Bonchev–Trinajstić information content (AvgIpc) is 3.23. The summed E-state index contributed by atoms with van der Waals surface area (Å²) in [5, 5.41) is 12.7. The number of aliphatic imine (C=N–C) groups is 1. The molecule has 5 heteroatoms. The SMILES string of the molecule is N#Cc1c(N=C2CCCCC2)c(C(=O)Nc2ccccc2)n2c1CCC2. The Labute approximate surface area is 153 Å². The molecule has 1 aromatic carbocycles. The number of hydrogen-bond donors (Lipinski definition) is 1. The molecule has 2 aromatic rings. The number of nitriles is 1. The number of rotatable bonds is 3. The van der Waals surface area contributed by atoms with E-state index in [0.29, 0.717) is 16.9 Å². The van der Waals surface area contributed by atoms with E-state index in [1.54, 1.807) is 0 Å². The van der Waals surface area contributed by atoms with Crippen LogP contribution < -0.4 is 5.32 Å². The van der Waals surface area contributed by atoms with Gasteiger partial charge in [0, 0.05) is 23.6 Å². The van der Waals surface area contributed by atoms with Gasteiger partial charge in [0.15, 0.2) is 0 Å². The normalized spacial score (nSPS) is 16.0. The molecular weight excluding hydrogens is 324 g/mol. The van der Waals surface area contributed by atoms with Gasteiger partial charge in [-0.25, -0.2) is 0 Å².